The van der Waals surface area contributed by atoms with Gasteiger partial charge >= 0.3 is 0 Å². The van der Waals surface area contributed by atoms with Crippen LogP contribution in [0.5, 0.6) is 5.75 Å². The Labute approximate surface area is 109 Å². The van der Waals surface area contributed by atoms with Crippen molar-refractivity contribution in [1.82, 2.24) is 10.3 Å². The second kappa shape index (κ2) is 8.51. The lowest BCUT2D eigenvalue weighted by Crippen LogP contribution is -2.20. The van der Waals surface area contributed by atoms with Crippen LogP contribution in [-0.4, -0.2) is 31.9 Å². The normalized spacial score (nSPS) is 9.72. The van der Waals surface area contributed by atoms with Gasteiger partial charge in [-0.3, -0.25) is 4.98 Å². The Balaban J connectivity index is 2.60. The Morgan fingerprint density at radius 1 is 1.39 bits per heavy atom. The average Bonchev–Trinajstić information content (AvgIpc) is 2.37. The number of aromatic nitrogens is 1. The van der Waals surface area contributed by atoms with Crippen molar-refractivity contribution in [2.75, 3.05) is 26.9 Å². The highest BCUT2D eigenvalue weighted by atomic mass is 16.5. The largest absolute Gasteiger partial charge is 0.479 e. The second-order valence-corrected chi connectivity index (χ2v) is 3.78. The van der Waals surface area contributed by atoms with Crippen LogP contribution < -0.4 is 10.1 Å². The van der Waals surface area contributed by atoms with E-state index in [1.807, 2.05) is 19.1 Å². The van der Waals surface area contributed by atoms with Gasteiger partial charge in [0, 0.05) is 25.9 Å². The Morgan fingerprint density at radius 2 is 2.22 bits per heavy atom. The molecule has 1 heterocycles. The first-order chi connectivity index (χ1) is 8.77. The van der Waals surface area contributed by atoms with Crippen molar-refractivity contribution in [3.63, 3.8) is 0 Å². The zero-order chi connectivity index (χ0) is 13.2. The van der Waals surface area contributed by atoms with Crippen molar-refractivity contribution >= 4 is 0 Å². The van der Waals surface area contributed by atoms with E-state index in [-0.39, 0.29) is 0 Å². The molecule has 4 nitrogen and oxygen atoms in total. The van der Waals surface area contributed by atoms with E-state index in [9.17, 15) is 0 Å². The number of pyridine rings is 1. The van der Waals surface area contributed by atoms with E-state index < -0.39 is 0 Å². The van der Waals surface area contributed by atoms with Crippen LogP contribution in [0.3, 0.4) is 0 Å². The lowest BCUT2D eigenvalue weighted by molar-refractivity contribution is 0.199. The number of hydrogen-bond acceptors (Lipinski definition) is 4. The zero-order valence-corrected chi connectivity index (χ0v) is 11.2. The lowest BCUT2D eigenvalue weighted by Gasteiger charge is -2.10. The minimum absolute atomic E-state index is 0.395. The molecular formula is C14H20N2O2. The maximum atomic E-state index is 5.58. The van der Waals surface area contributed by atoms with Gasteiger partial charge in [-0.2, -0.15) is 0 Å². The van der Waals surface area contributed by atoms with Gasteiger partial charge in [0.1, 0.15) is 12.4 Å². The van der Waals surface area contributed by atoms with E-state index in [0.717, 1.165) is 23.7 Å². The highest BCUT2D eigenvalue weighted by Gasteiger charge is 2.05. The molecule has 0 amide bonds. The van der Waals surface area contributed by atoms with Gasteiger partial charge in [-0.15, -0.1) is 5.92 Å². The van der Waals surface area contributed by atoms with Crippen LogP contribution in [0.1, 0.15) is 18.3 Å². The minimum atomic E-state index is 0.395. The molecule has 0 aliphatic heterocycles. The number of aryl methyl sites for hydroxylation is 1. The fraction of sp³-hybridized carbons (Fsp3) is 0.500. The molecular weight excluding hydrogens is 228 g/mol. The number of nitrogens with one attached hydrogen (secondary N) is 1. The topological polar surface area (TPSA) is 43.4 Å². The second-order valence-electron chi connectivity index (χ2n) is 3.78. The zero-order valence-electron chi connectivity index (χ0n) is 11.2. The average molecular weight is 248 g/mol. The summed E-state index contributed by atoms with van der Waals surface area (Å²) < 4.78 is 10.6. The number of hydrogen-bond donors (Lipinski definition) is 1. The molecule has 1 N–H and O–H groups in total. The smallest absolute Gasteiger partial charge is 0.149 e. The van der Waals surface area contributed by atoms with Crippen LogP contribution in [0.25, 0.3) is 0 Å². The third-order valence-corrected chi connectivity index (χ3v) is 2.32. The van der Waals surface area contributed by atoms with Crippen LogP contribution in [0.2, 0.25) is 0 Å². The van der Waals surface area contributed by atoms with E-state index in [2.05, 4.69) is 22.1 Å². The Kier molecular flexibility index (Phi) is 6.85. The highest BCUT2D eigenvalue weighted by molar-refractivity contribution is 5.29. The molecule has 0 aliphatic rings. The van der Waals surface area contributed by atoms with Crippen LogP contribution in [0.15, 0.2) is 12.1 Å². The van der Waals surface area contributed by atoms with E-state index in [1.165, 1.54) is 0 Å². The molecule has 0 saturated carbocycles. The lowest BCUT2D eigenvalue weighted by atomic mass is 10.3. The Hall–Kier alpha value is -1.57. The van der Waals surface area contributed by atoms with Gasteiger partial charge in [0.15, 0.2) is 0 Å². The molecule has 1 aromatic heterocycles. The predicted molar refractivity (Wildman–Crippen MR) is 71.5 cm³/mol. The number of nitrogens with zero attached hydrogens (tertiary/aromatic N) is 1. The maximum absolute atomic E-state index is 5.58. The molecule has 0 aromatic carbocycles. The summed E-state index contributed by atoms with van der Waals surface area (Å²) >= 11 is 0. The Morgan fingerprint density at radius 3 is 2.94 bits per heavy atom. The first kappa shape index (κ1) is 14.5. The first-order valence-corrected chi connectivity index (χ1v) is 5.96. The fourth-order valence-electron chi connectivity index (χ4n) is 1.42. The molecule has 4 heteroatoms. The maximum Gasteiger partial charge on any atom is 0.149 e. The molecule has 0 radical (unpaired) electrons. The van der Waals surface area contributed by atoms with E-state index in [1.54, 1.807) is 14.0 Å². The van der Waals surface area contributed by atoms with Gasteiger partial charge < -0.3 is 14.8 Å². The van der Waals surface area contributed by atoms with Crippen LogP contribution in [0.4, 0.5) is 0 Å². The van der Waals surface area contributed by atoms with Gasteiger partial charge in [0.2, 0.25) is 0 Å². The highest BCUT2D eigenvalue weighted by Crippen LogP contribution is 2.16. The van der Waals surface area contributed by atoms with E-state index >= 15 is 0 Å². The summed E-state index contributed by atoms with van der Waals surface area (Å²) in [6.07, 6.45) is 0. The van der Waals surface area contributed by atoms with Crippen LogP contribution in [0, 0.1) is 18.8 Å². The molecule has 0 unspecified atom stereocenters. The summed E-state index contributed by atoms with van der Waals surface area (Å²) in [6.45, 7) is 6.30. The summed E-state index contributed by atoms with van der Waals surface area (Å²) in [4.78, 5) is 4.47. The van der Waals surface area contributed by atoms with Gasteiger partial charge in [-0.1, -0.05) is 5.92 Å². The number of rotatable bonds is 7. The van der Waals surface area contributed by atoms with E-state index in [4.69, 9.17) is 9.47 Å². The quantitative estimate of drug-likeness (QED) is 0.587. The SMILES string of the molecule is CC#CCOc1ccc(C)nc1CNCCOC. The van der Waals surface area contributed by atoms with Gasteiger partial charge in [-0.25, -0.2) is 0 Å². The first-order valence-electron chi connectivity index (χ1n) is 5.96. The summed E-state index contributed by atoms with van der Waals surface area (Å²) in [5.74, 6) is 6.46. The summed E-state index contributed by atoms with van der Waals surface area (Å²) in [7, 11) is 1.69. The monoisotopic (exact) mass is 248 g/mol. The molecule has 0 fully saturated rings. The third kappa shape index (κ3) is 5.17. The van der Waals surface area contributed by atoms with Crippen molar-refractivity contribution < 1.29 is 9.47 Å². The molecule has 1 aromatic rings. The standard InChI is InChI=1S/C14H20N2O2/c1-4-5-9-18-14-7-6-12(2)16-13(14)11-15-8-10-17-3/h6-7,15H,8-11H2,1-3H3. The molecule has 18 heavy (non-hydrogen) atoms. The minimum Gasteiger partial charge on any atom is -0.479 e. The molecule has 0 spiro atoms. The predicted octanol–water partition coefficient (Wildman–Crippen LogP) is 1.53. The molecule has 0 saturated heterocycles. The summed E-state index contributed by atoms with van der Waals surface area (Å²) in [5, 5.41) is 3.26. The third-order valence-electron chi connectivity index (χ3n) is 2.32. The van der Waals surface area contributed by atoms with Crippen molar-refractivity contribution in [3.05, 3.63) is 23.5 Å². The molecule has 0 bridgehead atoms. The molecule has 0 atom stereocenters. The van der Waals surface area contributed by atoms with Gasteiger partial charge in [0.05, 0.1) is 12.3 Å². The van der Waals surface area contributed by atoms with Crippen molar-refractivity contribution in [2.45, 2.75) is 20.4 Å². The molecule has 98 valence electrons. The fourth-order valence-corrected chi connectivity index (χ4v) is 1.42. The van der Waals surface area contributed by atoms with Gasteiger partial charge in [0.25, 0.3) is 0 Å². The summed E-state index contributed by atoms with van der Waals surface area (Å²) in [5.41, 5.74) is 1.89. The van der Waals surface area contributed by atoms with Crippen molar-refractivity contribution in [3.8, 4) is 17.6 Å². The molecule has 1 rings (SSSR count). The van der Waals surface area contributed by atoms with Crippen molar-refractivity contribution in [1.29, 1.82) is 0 Å². The van der Waals surface area contributed by atoms with Crippen LogP contribution >= 0.6 is 0 Å². The Bertz CT molecular complexity index is 422. The van der Waals surface area contributed by atoms with Gasteiger partial charge in [-0.05, 0) is 26.0 Å². The summed E-state index contributed by atoms with van der Waals surface area (Å²) in [6, 6.07) is 3.88. The number of methoxy groups -OCH3 is 1. The number of ether oxygens (including phenoxy) is 2. The van der Waals surface area contributed by atoms with E-state index in [0.29, 0.717) is 19.8 Å². The van der Waals surface area contributed by atoms with Crippen molar-refractivity contribution in [2.24, 2.45) is 0 Å². The molecule has 0 aliphatic carbocycles. The van der Waals surface area contributed by atoms with Crippen LogP contribution in [-0.2, 0) is 11.3 Å².